The van der Waals surface area contributed by atoms with E-state index in [1.165, 1.54) is 0 Å². The molecule has 1 aromatic heterocycles. The summed E-state index contributed by atoms with van der Waals surface area (Å²) in [5.41, 5.74) is 4.33. The number of rotatable bonds is 8. The number of anilines is 3. The van der Waals surface area contributed by atoms with Crippen LogP contribution in [0, 0.1) is 5.92 Å². The van der Waals surface area contributed by atoms with E-state index in [0.717, 1.165) is 34.5 Å². The third kappa shape index (κ3) is 5.04. The summed E-state index contributed by atoms with van der Waals surface area (Å²) in [5, 5.41) is 19.2. The van der Waals surface area contributed by atoms with Crippen LogP contribution in [-0.2, 0) is 33.0 Å². The molecule has 4 atom stereocenters. The number of carbonyl (C=O) groups excluding carboxylic acids is 2. The van der Waals surface area contributed by atoms with Gasteiger partial charge in [0.2, 0.25) is 0 Å². The van der Waals surface area contributed by atoms with Crippen molar-refractivity contribution < 1.29 is 24.2 Å². The maximum atomic E-state index is 14.4. The summed E-state index contributed by atoms with van der Waals surface area (Å²) < 4.78 is 14.1. The molecule has 242 valence electrons. The molecule has 10 nitrogen and oxygen atoms in total. The van der Waals surface area contributed by atoms with E-state index in [0.29, 0.717) is 36.6 Å². The van der Waals surface area contributed by atoms with Gasteiger partial charge >= 0.3 is 0 Å². The van der Waals surface area contributed by atoms with E-state index in [1.807, 2.05) is 108 Å². The predicted octanol–water partition coefficient (Wildman–Crippen LogP) is 5.67. The molecule has 0 aliphatic carbocycles. The predicted molar refractivity (Wildman–Crippen MR) is 179 cm³/mol. The van der Waals surface area contributed by atoms with E-state index in [2.05, 4.69) is 17.2 Å². The van der Waals surface area contributed by atoms with Crippen molar-refractivity contribution in [3.63, 3.8) is 0 Å². The van der Waals surface area contributed by atoms with Crippen molar-refractivity contribution >= 4 is 28.9 Å². The smallest absolute Gasteiger partial charge is 0.269 e. The molecule has 2 amide bonds. The van der Waals surface area contributed by atoms with Gasteiger partial charge in [-0.05, 0) is 54.3 Å². The molecule has 8 rings (SSSR count). The number of ether oxygens (including phenoxy) is 2. The molecule has 0 bridgehead atoms. The Morgan fingerprint density at radius 2 is 1.65 bits per heavy atom. The van der Waals surface area contributed by atoms with Crippen molar-refractivity contribution in [3.05, 3.63) is 132 Å². The highest BCUT2D eigenvalue weighted by Crippen LogP contribution is 2.53. The normalized spacial score (nSPS) is 22.1. The summed E-state index contributed by atoms with van der Waals surface area (Å²) in [6, 6.07) is 32.5. The minimum absolute atomic E-state index is 0.0175. The van der Waals surface area contributed by atoms with Crippen LogP contribution in [0.25, 0.3) is 0 Å². The molecule has 1 spiro atoms. The molecule has 0 unspecified atom stereocenters. The van der Waals surface area contributed by atoms with Crippen LogP contribution in [0.5, 0.6) is 5.75 Å². The Labute approximate surface area is 278 Å². The van der Waals surface area contributed by atoms with E-state index in [1.54, 1.807) is 15.8 Å². The standard InChI is InChI=1S/C38H35N5O5/c1-25-21-29(19-20-41-23-31(39-40-41)36(45)27-9-3-2-4-10-27)48-38(25)30-11-5-6-12-32(30)42(37(38)46)22-26-15-17-28(18-16-26)43-33-13-7-8-14-34(33)47-24-35(43)44/h2-18,23,25,29,36,45H,19-22,24H2,1H3/t25-,29+,36+,38+/m0/s1. The molecule has 4 aromatic carbocycles. The van der Waals surface area contributed by atoms with Crippen molar-refractivity contribution in [3.8, 4) is 5.75 Å². The Bertz CT molecular complexity index is 1980. The van der Waals surface area contributed by atoms with Crippen LogP contribution in [0.2, 0.25) is 0 Å². The highest BCUT2D eigenvalue weighted by atomic mass is 16.5. The monoisotopic (exact) mass is 641 g/mol. The number of hydrogen-bond donors (Lipinski definition) is 1. The summed E-state index contributed by atoms with van der Waals surface area (Å²) in [4.78, 5) is 30.7. The average Bonchev–Trinajstić information content (AvgIpc) is 3.80. The maximum absolute atomic E-state index is 14.4. The van der Waals surface area contributed by atoms with Crippen LogP contribution < -0.4 is 14.5 Å². The van der Waals surface area contributed by atoms with Crippen molar-refractivity contribution in [2.75, 3.05) is 16.4 Å². The number of para-hydroxylation sites is 3. The molecule has 1 saturated heterocycles. The average molecular weight is 642 g/mol. The van der Waals surface area contributed by atoms with E-state index in [-0.39, 0.29) is 30.4 Å². The molecule has 3 aliphatic heterocycles. The number of amides is 2. The molecule has 1 N–H and O–H groups in total. The van der Waals surface area contributed by atoms with Crippen LogP contribution >= 0.6 is 0 Å². The van der Waals surface area contributed by atoms with Gasteiger partial charge in [0.25, 0.3) is 11.8 Å². The number of hydrogen-bond acceptors (Lipinski definition) is 7. The van der Waals surface area contributed by atoms with Gasteiger partial charge in [-0.2, -0.15) is 0 Å². The van der Waals surface area contributed by atoms with Gasteiger partial charge in [-0.1, -0.05) is 84.9 Å². The van der Waals surface area contributed by atoms with Crippen molar-refractivity contribution in [2.45, 2.75) is 50.7 Å². The molecule has 0 radical (unpaired) electrons. The van der Waals surface area contributed by atoms with E-state index in [9.17, 15) is 14.7 Å². The number of fused-ring (bicyclic) bond motifs is 3. The quantitative estimate of drug-likeness (QED) is 0.232. The Morgan fingerprint density at radius 1 is 0.917 bits per heavy atom. The summed E-state index contributed by atoms with van der Waals surface area (Å²) in [5.74, 6) is 0.432. The zero-order chi connectivity index (χ0) is 32.8. The largest absolute Gasteiger partial charge is 0.482 e. The van der Waals surface area contributed by atoms with Crippen LogP contribution in [0.15, 0.2) is 109 Å². The van der Waals surface area contributed by atoms with Gasteiger partial charge in [0, 0.05) is 23.7 Å². The van der Waals surface area contributed by atoms with Crippen LogP contribution in [0.1, 0.15) is 48.3 Å². The third-order valence-corrected chi connectivity index (χ3v) is 9.69. The molecular formula is C38H35N5O5. The number of aliphatic hydroxyl groups is 1. The number of carbonyl (C=O) groups is 2. The summed E-state index contributed by atoms with van der Waals surface area (Å²) in [7, 11) is 0. The van der Waals surface area contributed by atoms with Gasteiger partial charge < -0.3 is 19.5 Å². The second-order valence-corrected chi connectivity index (χ2v) is 12.7. The molecule has 4 heterocycles. The number of aromatic nitrogens is 3. The molecule has 1 fully saturated rings. The van der Waals surface area contributed by atoms with E-state index >= 15 is 0 Å². The van der Waals surface area contributed by atoms with Crippen molar-refractivity contribution in [1.82, 2.24) is 15.0 Å². The van der Waals surface area contributed by atoms with Gasteiger partial charge in [-0.3, -0.25) is 19.2 Å². The first-order chi connectivity index (χ1) is 23.4. The first kappa shape index (κ1) is 30.0. The Kier molecular flexibility index (Phi) is 7.54. The molecule has 10 heteroatoms. The first-order valence-corrected chi connectivity index (χ1v) is 16.3. The lowest BCUT2D eigenvalue weighted by molar-refractivity contribution is -0.146. The van der Waals surface area contributed by atoms with Gasteiger partial charge in [0.15, 0.2) is 12.2 Å². The van der Waals surface area contributed by atoms with E-state index in [4.69, 9.17) is 9.47 Å². The molecule has 0 saturated carbocycles. The highest BCUT2D eigenvalue weighted by Gasteiger charge is 2.59. The fourth-order valence-electron chi connectivity index (χ4n) is 7.31. The second kappa shape index (κ2) is 12.0. The number of nitrogens with zero attached hydrogens (tertiary/aromatic N) is 5. The highest BCUT2D eigenvalue weighted by molar-refractivity contribution is 6.07. The topological polar surface area (TPSA) is 110 Å². The Morgan fingerprint density at radius 3 is 2.46 bits per heavy atom. The lowest BCUT2D eigenvalue weighted by Gasteiger charge is -2.29. The molecule has 3 aliphatic rings. The van der Waals surface area contributed by atoms with Crippen molar-refractivity contribution in [1.29, 1.82) is 0 Å². The molecular weight excluding hydrogens is 606 g/mol. The molecule has 5 aromatic rings. The summed E-state index contributed by atoms with van der Waals surface area (Å²) in [6.45, 7) is 2.99. The van der Waals surface area contributed by atoms with Gasteiger partial charge in [0.1, 0.15) is 17.5 Å². The zero-order valence-electron chi connectivity index (χ0n) is 26.5. The summed E-state index contributed by atoms with van der Waals surface area (Å²) >= 11 is 0. The number of benzene rings is 4. The third-order valence-electron chi connectivity index (χ3n) is 9.69. The number of aryl methyl sites for hydroxylation is 1. The SMILES string of the molecule is C[C@H]1C[C@@H](CCn2cc([C@H](O)c3ccccc3)nn2)O[C@]12C(=O)N(Cc1ccc(N3C(=O)COc4ccccc43)cc1)c1ccccc12. The Hall–Kier alpha value is -5.32. The minimum Gasteiger partial charge on any atom is -0.482 e. The lowest BCUT2D eigenvalue weighted by atomic mass is 9.83. The fourth-order valence-corrected chi connectivity index (χ4v) is 7.31. The van der Waals surface area contributed by atoms with Crippen LogP contribution in [-0.4, -0.2) is 44.6 Å². The fraction of sp³-hybridized carbons (Fsp3) is 0.263. The van der Waals surface area contributed by atoms with Crippen LogP contribution in [0.3, 0.4) is 0 Å². The maximum Gasteiger partial charge on any atom is 0.269 e. The Balaban J connectivity index is 0.979. The number of aliphatic hydroxyl groups excluding tert-OH is 1. The zero-order valence-corrected chi connectivity index (χ0v) is 26.5. The lowest BCUT2D eigenvalue weighted by Crippen LogP contribution is -2.43. The van der Waals surface area contributed by atoms with Gasteiger partial charge in [0.05, 0.1) is 30.2 Å². The molecule has 48 heavy (non-hydrogen) atoms. The van der Waals surface area contributed by atoms with Crippen LogP contribution in [0.4, 0.5) is 17.1 Å². The van der Waals surface area contributed by atoms with Crippen molar-refractivity contribution in [2.24, 2.45) is 5.92 Å². The van der Waals surface area contributed by atoms with Gasteiger partial charge in [-0.25, -0.2) is 0 Å². The summed E-state index contributed by atoms with van der Waals surface area (Å²) in [6.07, 6.45) is 2.14. The van der Waals surface area contributed by atoms with Gasteiger partial charge in [-0.15, -0.1) is 5.10 Å². The second-order valence-electron chi connectivity index (χ2n) is 12.7. The first-order valence-electron chi connectivity index (χ1n) is 16.3. The van der Waals surface area contributed by atoms with E-state index < -0.39 is 11.7 Å². The minimum atomic E-state index is -1.07.